The second-order valence-electron chi connectivity index (χ2n) is 9.13. The van der Waals surface area contributed by atoms with Crippen molar-refractivity contribution in [3.05, 3.63) is 47.7 Å². The van der Waals surface area contributed by atoms with Crippen molar-refractivity contribution >= 4 is 0 Å². The molecule has 0 amide bonds. The van der Waals surface area contributed by atoms with Gasteiger partial charge in [0.05, 0.1) is 11.4 Å². The third kappa shape index (κ3) is 7.24. The lowest BCUT2D eigenvalue weighted by Gasteiger charge is -2.28. The van der Waals surface area contributed by atoms with Crippen molar-refractivity contribution in [1.82, 2.24) is 10.2 Å². The van der Waals surface area contributed by atoms with E-state index >= 15 is 0 Å². The molecule has 0 aliphatic heterocycles. The number of unbranched alkanes of at least 4 members (excludes halogenated alkanes) is 3. The average Bonchev–Trinajstić information content (AvgIpc) is 2.78. The molecule has 1 aliphatic carbocycles. The topological polar surface area (TPSA) is 25.8 Å². The third-order valence-electron chi connectivity index (χ3n) is 6.78. The van der Waals surface area contributed by atoms with E-state index in [9.17, 15) is 0 Å². The predicted molar refractivity (Wildman–Crippen MR) is 124 cm³/mol. The Bertz CT molecular complexity index is 681. The van der Waals surface area contributed by atoms with Crippen molar-refractivity contribution in [3.63, 3.8) is 0 Å². The Morgan fingerprint density at radius 1 is 0.690 bits per heavy atom. The average molecular weight is 393 g/mol. The number of hydrogen-bond acceptors (Lipinski definition) is 2. The zero-order valence-corrected chi connectivity index (χ0v) is 18.7. The van der Waals surface area contributed by atoms with Gasteiger partial charge in [0.1, 0.15) is 0 Å². The first kappa shape index (κ1) is 22.0. The summed E-state index contributed by atoms with van der Waals surface area (Å²) in [6.45, 7) is 4.52. The minimum absolute atomic E-state index is 0.943. The van der Waals surface area contributed by atoms with E-state index in [1.165, 1.54) is 88.2 Å². The normalized spacial score (nSPS) is 19.4. The van der Waals surface area contributed by atoms with Crippen LogP contribution in [0.1, 0.15) is 95.7 Å². The maximum Gasteiger partial charge on any atom is 0.0929 e. The van der Waals surface area contributed by atoms with E-state index < -0.39 is 0 Å². The molecule has 0 N–H and O–H groups in total. The van der Waals surface area contributed by atoms with Gasteiger partial charge < -0.3 is 0 Å². The second kappa shape index (κ2) is 12.1. The Balaban J connectivity index is 1.42. The Labute approximate surface area is 178 Å². The number of hydrogen-bond donors (Lipinski definition) is 0. The van der Waals surface area contributed by atoms with Crippen LogP contribution in [0.5, 0.6) is 0 Å². The number of benzene rings is 1. The van der Waals surface area contributed by atoms with Crippen LogP contribution in [0.2, 0.25) is 0 Å². The van der Waals surface area contributed by atoms with E-state index in [1.54, 1.807) is 0 Å². The molecule has 0 atom stereocenters. The molecule has 158 valence electrons. The quantitative estimate of drug-likeness (QED) is 0.364. The van der Waals surface area contributed by atoms with Gasteiger partial charge >= 0.3 is 0 Å². The molecular formula is C27H40N2. The van der Waals surface area contributed by atoms with Crippen molar-refractivity contribution in [1.29, 1.82) is 0 Å². The molecular weight excluding hydrogens is 352 g/mol. The smallest absolute Gasteiger partial charge is 0.0929 e. The number of nitrogens with zero attached hydrogens (tertiary/aromatic N) is 2. The molecule has 29 heavy (non-hydrogen) atoms. The highest BCUT2D eigenvalue weighted by Gasteiger charge is 2.20. The van der Waals surface area contributed by atoms with E-state index in [2.05, 4.69) is 60.4 Å². The summed E-state index contributed by atoms with van der Waals surface area (Å²) in [6.07, 6.45) is 17.5. The Hall–Kier alpha value is -1.70. The Kier molecular flexibility index (Phi) is 9.18. The minimum atomic E-state index is 0.943. The summed E-state index contributed by atoms with van der Waals surface area (Å²) in [5.41, 5.74) is 4.73. The molecule has 1 saturated carbocycles. The number of aromatic nitrogens is 2. The van der Waals surface area contributed by atoms with Crippen LogP contribution in [0, 0.1) is 11.8 Å². The number of rotatable bonds is 11. The van der Waals surface area contributed by atoms with Crippen molar-refractivity contribution in [2.75, 3.05) is 0 Å². The van der Waals surface area contributed by atoms with E-state index in [4.69, 9.17) is 0 Å². The molecule has 1 aromatic carbocycles. The zero-order valence-electron chi connectivity index (χ0n) is 18.7. The molecule has 2 aromatic rings. The highest BCUT2D eigenvalue weighted by molar-refractivity contribution is 5.58. The summed E-state index contributed by atoms with van der Waals surface area (Å²) in [5, 5.41) is 8.83. The standard InChI is InChI=1S/C27H40N2/c1-3-5-7-8-22-10-12-23(13-11-22)14-15-24-16-18-25(19-17-24)27-21-20-26(28-29-27)9-6-4-2/h16-23H,3-15H2,1-2H3/t22-,23-. The minimum Gasteiger partial charge on any atom is -0.155 e. The fourth-order valence-electron chi connectivity index (χ4n) is 4.71. The lowest BCUT2D eigenvalue weighted by atomic mass is 9.78. The predicted octanol–water partition coefficient (Wildman–Crippen LogP) is 7.81. The molecule has 0 bridgehead atoms. The van der Waals surface area contributed by atoms with Gasteiger partial charge in [-0.05, 0) is 55.2 Å². The Morgan fingerprint density at radius 3 is 2.00 bits per heavy atom. The van der Waals surface area contributed by atoms with Gasteiger partial charge in [-0.1, -0.05) is 95.9 Å². The first-order chi connectivity index (χ1) is 14.3. The van der Waals surface area contributed by atoms with Crippen LogP contribution in [-0.4, -0.2) is 10.2 Å². The lowest BCUT2D eigenvalue weighted by molar-refractivity contribution is 0.249. The second-order valence-corrected chi connectivity index (χ2v) is 9.13. The fourth-order valence-corrected chi connectivity index (χ4v) is 4.71. The highest BCUT2D eigenvalue weighted by Crippen LogP contribution is 2.34. The lowest BCUT2D eigenvalue weighted by Crippen LogP contribution is -2.15. The van der Waals surface area contributed by atoms with Gasteiger partial charge in [0, 0.05) is 5.56 Å². The van der Waals surface area contributed by atoms with Gasteiger partial charge in [-0.2, -0.15) is 10.2 Å². The van der Waals surface area contributed by atoms with Gasteiger partial charge in [0.25, 0.3) is 0 Å². The summed E-state index contributed by atoms with van der Waals surface area (Å²) in [4.78, 5) is 0. The van der Waals surface area contributed by atoms with Crippen LogP contribution in [-0.2, 0) is 12.8 Å². The zero-order chi connectivity index (χ0) is 20.3. The van der Waals surface area contributed by atoms with Gasteiger partial charge in [-0.15, -0.1) is 0 Å². The van der Waals surface area contributed by atoms with Crippen molar-refractivity contribution in [2.24, 2.45) is 11.8 Å². The van der Waals surface area contributed by atoms with E-state index in [-0.39, 0.29) is 0 Å². The maximum atomic E-state index is 4.43. The van der Waals surface area contributed by atoms with Gasteiger partial charge in [0.15, 0.2) is 0 Å². The van der Waals surface area contributed by atoms with E-state index in [1.807, 2.05) is 0 Å². The van der Waals surface area contributed by atoms with Crippen LogP contribution in [0.15, 0.2) is 36.4 Å². The van der Waals surface area contributed by atoms with Crippen LogP contribution in [0.25, 0.3) is 11.3 Å². The first-order valence-electron chi connectivity index (χ1n) is 12.2. The van der Waals surface area contributed by atoms with Crippen LogP contribution in [0.4, 0.5) is 0 Å². The molecule has 2 heteroatoms. The summed E-state index contributed by atoms with van der Waals surface area (Å²) in [6, 6.07) is 13.3. The van der Waals surface area contributed by atoms with Crippen molar-refractivity contribution in [2.45, 2.75) is 97.3 Å². The van der Waals surface area contributed by atoms with Crippen molar-refractivity contribution in [3.8, 4) is 11.3 Å². The molecule has 1 fully saturated rings. The molecule has 2 nitrogen and oxygen atoms in total. The summed E-state index contributed by atoms with van der Waals surface area (Å²) in [5.74, 6) is 1.96. The molecule has 0 unspecified atom stereocenters. The number of aryl methyl sites for hydroxylation is 2. The molecule has 0 saturated heterocycles. The van der Waals surface area contributed by atoms with Crippen molar-refractivity contribution < 1.29 is 0 Å². The Morgan fingerprint density at radius 2 is 1.38 bits per heavy atom. The fraction of sp³-hybridized carbons (Fsp3) is 0.630. The van der Waals surface area contributed by atoms with E-state index in [0.717, 1.165) is 29.6 Å². The van der Waals surface area contributed by atoms with Gasteiger partial charge in [0.2, 0.25) is 0 Å². The summed E-state index contributed by atoms with van der Waals surface area (Å²) < 4.78 is 0. The SMILES string of the molecule is CCCCC[C@H]1CC[C@H](CCc2ccc(-c3ccc(CCCC)nn3)cc2)CC1. The largest absolute Gasteiger partial charge is 0.155 e. The van der Waals surface area contributed by atoms with Crippen LogP contribution >= 0.6 is 0 Å². The first-order valence-corrected chi connectivity index (χ1v) is 12.2. The molecule has 0 radical (unpaired) electrons. The van der Waals surface area contributed by atoms with Gasteiger partial charge in [-0.25, -0.2) is 0 Å². The van der Waals surface area contributed by atoms with Crippen LogP contribution in [0.3, 0.4) is 0 Å². The third-order valence-corrected chi connectivity index (χ3v) is 6.78. The monoisotopic (exact) mass is 392 g/mol. The maximum absolute atomic E-state index is 4.43. The van der Waals surface area contributed by atoms with E-state index in [0.29, 0.717) is 0 Å². The molecule has 1 aliphatic rings. The summed E-state index contributed by atoms with van der Waals surface area (Å²) in [7, 11) is 0. The summed E-state index contributed by atoms with van der Waals surface area (Å²) >= 11 is 0. The highest BCUT2D eigenvalue weighted by atomic mass is 15.1. The van der Waals surface area contributed by atoms with Gasteiger partial charge in [-0.3, -0.25) is 0 Å². The molecule has 1 aromatic heterocycles. The molecule has 3 rings (SSSR count). The molecule has 0 spiro atoms. The molecule has 1 heterocycles. The van der Waals surface area contributed by atoms with Crippen LogP contribution < -0.4 is 0 Å².